The predicted molar refractivity (Wildman–Crippen MR) is 60.8 cm³/mol. The summed E-state index contributed by atoms with van der Waals surface area (Å²) >= 11 is 0. The molecule has 1 aromatic heterocycles. The van der Waals surface area contributed by atoms with Crippen LogP contribution in [0.3, 0.4) is 0 Å². The molecule has 0 saturated carbocycles. The third-order valence-electron chi connectivity index (χ3n) is 2.80. The van der Waals surface area contributed by atoms with Crippen LogP contribution in [0.1, 0.15) is 6.23 Å². The number of nitrogens with two attached hydrogens (primary N) is 1. The molecule has 3 atom stereocenters. The molecule has 0 amide bonds. The Hall–Kier alpha value is -1.97. The molecule has 1 fully saturated rings. The van der Waals surface area contributed by atoms with Crippen LogP contribution in [0.25, 0.3) is 0 Å². The second-order valence-electron chi connectivity index (χ2n) is 3.96. The zero-order valence-corrected chi connectivity index (χ0v) is 9.60. The number of rotatable bonds is 2. The summed E-state index contributed by atoms with van der Waals surface area (Å²) in [5.41, 5.74) is 4.10. The van der Waals surface area contributed by atoms with Gasteiger partial charge in [0, 0.05) is 5.57 Å². The summed E-state index contributed by atoms with van der Waals surface area (Å²) < 4.78 is 18.7. The summed E-state index contributed by atoms with van der Waals surface area (Å²) in [5, 5.41) is 28.1. The quantitative estimate of drug-likeness (QED) is 0.523. The van der Waals surface area contributed by atoms with Gasteiger partial charge in [-0.15, -0.1) is 0 Å². The second kappa shape index (κ2) is 4.96. The fourth-order valence-corrected chi connectivity index (χ4v) is 1.81. The minimum atomic E-state index is -1.40. The molecule has 0 radical (unpaired) electrons. The number of anilines is 1. The van der Waals surface area contributed by atoms with Crippen molar-refractivity contribution in [1.29, 1.82) is 0 Å². The van der Waals surface area contributed by atoms with E-state index in [4.69, 9.17) is 15.6 Å². The first kappa shape index (κ1) is 13.5. The Morgan fingerprint density at radius 2 is 2.32 bits per heavy atom. The van der Waals surface area contributed by atoms with Crippen molar-refractivity contribution in [2.75, 3.05) is 12.3 Å². The van der Waals surface area contributed by atoms with Crippen molar-refractivity contribution in [1.82, 2.24) is 9.55 Å². The number of aliphatic hydroxyl groups excluding tert-OH is 2. The highest BCUT2D eigenvalue weighted by molar-refractivity contribution is 5.42. The SMILES string of the molecule is Nc1nc(=O)n(C2OC(CO)C(O)/C2=C\F)cc1O. The first-order valence-electron chi connectivity index (χ1n) is 5.31. The molecule has 1 aliphatic rings. The van der Waals surface area contributed by atoms with E-state index in [9.17, 15) is 19.4 Å². The molecular weight excluding hydrogens is 261 g/mol. The number of nitrogen functional groups attached to an aromatic ring is 1. The average molecular weight is 273 g/mol. The Morgan fingerprint density at radius 3 is 2.89 bits per heavy atom. The van der Waals surface area contributed by atoms with Crippen molar-refractivity contribution in [3.63, 3.8) is 0 Å². The molecule has 0 spiro atoms. The summed E-state index contributed by atoms with van der Waals surface area (Å²) in [5.74, 6) is -0.854. The maximum absolute atomic E-state index is 12.8. The molecule has 9 heteroatoms. The Labute approximate surface area is 106 Å². The van der Waals surface area contributed by atoms with Gasteiger partial charge in [-0.2, -0.15) is 4.98 Å². The smallest absolute Gasteiger partial charge is 0.352 e. The first-order valence-corrected chi connectivity index (χ1v) is 5.31. The van der Waals surface area contributed by atoms with E-state index >= 15 is 0 Å². The number of aromatic nitrogens is 2. The number of aliphatic hydroxyl groups is 2. The fraction of sp³-hybridized carbons (Fsp3) is 0.400. The Balaban J connectivity index is 2.47. The van der Waals surface area contributed by atoms with Gasteiger partial charge >= 0.3 is 5.69 Å². The van der Waals surface area contributed by atoms with Crippen LogP contribution in [0.15, 0.2) is 22.9 Å². The predicted octanol–water partition coefficient (Wildman–Crippen LogP) is -1.36. The van der Waals surface area contributed by atoms with Gasteiger partial charge in [-0.05, 0) is 0 Å². The van der Waals surface area contributed by atoms with Crippen LogP contribution >= 0.6 is 0 Å². The fourth-order valence-electron chi connectivity index (χ4n) is 1.81. The average Bonchev–Trinajstić information content (AvgIpc) is 2.70. The molecule has 2 heterocycles. The van der Waals surface area contributed by atoms with Crippen LogP contribution in [-0.4, -0.2) is 43.7 Å². The number of aromatic hydroxyl groups is 1. The summed E-state index contributed by atoms with van der Waals surface area (Å²) in [7, 11) is 0. The van der Waals surface area contributed by atoms with Crippen LogP contribution in [0.2, 0.25) is 0 Å². The lowest BCUT2D eigenvalue weighted by Gasteiger charge is -2.15. The van der Waals surface area contributed by atoms with E-state index in [-0.39, 0.29) is 17.7 Å². The monoisotopic (exact) mass is 273 g/mol. The Morgan fingerprint density at radius 1 is 1.63 bits per heavy atom. The van der Waals surface area contributed by atoms with Crippen molar-refractivity contribution >= 4 is 5.82 Å². The van der Waals surface area contributed by atoms with Gasteiger partial charge in [-0.3, -0.25) is 4.57 Å². The van der Waals surface area contributed by atoms with E-state index in [0.717, 1.165) is 10.8 Å². The molecule has 8 nitrogen and oxygen atoms in total. The number of ether oxygens (including phenoxy) is 1. The van der Waals surface area contributed by atoms with E-state index < -0.39 is 36.5 Å². The lowest BCUT2D eigenvalue weighted by molar-refractivity contribution is -0.0448. The van der Waals surface area contributed by atoms with Gasteiger partial charge in [0.05, 0.1) is 19.1 Å². The van der Waals surface area contributed by atoms with Crippen molar-refractivity contribution in [3.05, 3.63) is 28.6 Å². The van der Waals surface area contributed by atoms with Crippen LogP contribution in [0, 0.1) is 0 Å². The van der Waals surface area contributed by atoms with Crippen LogP contribution in [-0.2, 0) is 4.74 Å². The van der Waals surface area contributed by atoms with Gasteiger partial charge in [-0.1, -0.05) is 0 Å². The molecule has 19 heavy (non-hydrogen) atoms. The highest BCUT2D eigenvalue weighted by Gasteiger charge is 2.40. The first-order chi connectivity index (χ1) is 8.99. The molecular formula is C10H12FN3O5. The highest BCUT2D eigenvalue weighted by Crippen LogP contribution is 2.34. The number of hydrogen-bond donors (Lipinski definition) is 4. The Bertz CT molecular complexity index is 573. The van der Waals surface area contributed by atoms with Crippen molar-refractivity contribution in [3.8, 4) is 5.75 Å². The minimum absolute atomic E-state index is 0.0881. The summed E-state index contributed by atoms with van der Waals surface area (Å²) in [6.07, 6.45) is -2.76. The molecule has 5 N–H and O–H groups in total. The number of nitrogens with zero attached hydrogens (tertiary/aromatic N) is 2. The standard InChI is InChI=1S/C10H12FN3O5/c11-1-4-7(17)6(3-15)19-9(4)14-2-5(16)8(12)13-10(14)18/h1-2,6-7,9,15-17H,3H2,(H2,12,13,18)/b4-1+. The number of halogens is 1. The molecule has 104 valence electrons. The Kier molecular flexibility index (Phi) is 3.51. The van der Waals surface area contributed by atoms with E-state index in [0.29, 0.717) is 0 Å². The van der Waals surface area contributed by atoms with Gasteiger partial charge in [0.15, 0.2) is 17.8 Å². The molecule has 1 aliphatic heterocycles. The summed E-state index contributed by atoms with van der Waals surface area (Å²) in [4.78, 5) is 15.0. The lowest BCUT2D eigenvalue weighted by Crippen LogP contribution is -2.28. The molecule has 1 saturated heterocycles. The minimum Gasteiger partial charge on any atom is -0.503 e. The second-order valence-corrected chi connectivity index (χ2v) is 3.96. The van der Waals surface area contributed by atoms with Crippen molar-refractivity contribution in [2.45, 2.75) is 18.4 Å². The molecule has 1 aromatic rings. The molecule has 3 unspecified atom stereocenters. The zero-order valence-electron chi connectivity index (χ0n) is 9.60. The maximum atomic E-state index is 12.8. The van der Waals surface area contributed by atoms with Crippen LogP contribution < -0.4 is 11.4 Å². The van der Waals surface area contributed by atoms with Gasteiger partial charge < -0.3 is 25.8 Å². The van der Waals surface area contributed by atoms with Gasteiger partial charge in [0.2, 0.25) is 0 Å². The summed E-state index contributed by atoms with van der Waals surface area (Å²) in [6, 6.07) is 0. The summed E-state index contributed by atoms with van der Waals surface area (Å²) in [6.45, 7) is -0.557. The maximum Gasteiger partial charge on any atom is 0.352 e. The highest BCUT2D eigenvalue weighted by atomic mass is 19.1. The largest absolute Gasteiger partial charge is 0.503 e. The topological polar surface area (TPSA) is 131 Å². The van der Waals surface area contributed by atoms with E-state index in [1.807, 2.05) is 0 Å². The number of hydrogen-bond acceptors (Lipinski definition) is 7. The molecule has 0 aromatic carbocycles. The van der Waals surface area contributed by atoms with Crippen LogP contribution in [0.4, 0.5) is 10.2 Å². The normalized spacial score (nSPS) is 29.0. The van der Waals surface area contributed by atoms with E-state index in [2.05, 4.69) is 4.98 Å². The lowest BCUT2D eigenvalue weighted by atomic mass is 10.1. The van der Waals surface area contributed by atoms with Crippen molar-refractivity contribution in [2.24, 2.45) is 0 Å². The van der Waals surface area contributed by atoms with Gasteiger partial charge in [0.25, 0.3) is 0 Å². The van der Waals surface area contributed by atoms with Crippen molar-refractivity contribution < 1.29 is 24.4 Å². The van der Waals surface area contributed by atoms with E-state index in [1.54, 1.807) is 0 Å². The van der Waals surface area contributed by atoms with Gasteiger partial charge in [-0.25, -0.2) is 9.18 Å². The van der Waals surface area contributed by atoms with Gasteiger partial charge in [0.1, 0.15) is 12.2 Å². The van der Waals surface area contributed by atoms with Crippen LogP contribution in [0.5, 0.6) is 5.75 Å². The zero-order chi connectivity index (χ0) is 14.2. The third-order valence-corrected chi connectivity index (χ3v) is 2.80. The third kappa shape index (κ3) is 2.18. The molecule has 0 bridgehead atoms. The molecule has 2 rings (SSSR count). The molecule has 0 aliphatic carbocycles. The van der Waals surface area contributed by atoms with E-state index in [1.165, 1.54) is 0 Å².